The van der Waals surface area contributed by atoms with Gasteiger partial charge < -0.3 is 9.84 Å². The smallest absolute Gasteiger partial charge is 0.473 e. The normalized spacial score (nSPS) is 16.2. The third-order valence-electron chi connectivity index (χ3n) is 4.47. The first-order chi connectivity index (χ1) is 17.8. The summed E-state index contributed by atoms with van der Waals surface area (Å²) in [5.41, 5.74) is 0. The van der Waals surface area contributed by atoms with Crippen molar-refractivity contribution in [3.63, 3.8) is 0 Å². The van der Waals surface area contributed by atoms with E-state index in [-0.39, 0.29) is 0 Å². The van der Waals surface area contributed by atoms with Crippen molar-refractivity contribution in [1.82, 2.24) is 0 Å². The van der Waals surface area contributed by atoms with E-state index in [9.17, 15) is 111 Å². The Hall–Kier alpha value is -2.93. The molecule has 0 aromatic rings. The average Bonchev–Trinajstić information content (AvgIpc) is 2.75. The summed E-state index contributed by atoms with van der Waals surface area (Å²) in [7, 11) is 0. The summed E-state index contributed by atoms with van der Waals surface area (Å²) in [6.45, 7) is 0. The van der Waals surface area contributed by atoms with Crippen LogP contribution in [0, 0.1) is 0 Å². The third-order valence-corrected chi connectivity index (χ3v) is 4.47. The second-order valence-electron chi connectivity index (χ2n) is 7.28. The number of aliphatic carboxylic acids is 1. The molecule has 0 bridgehead atoms. The molecule has 0 aliphatic rings. The Kier molecular flexibility index (Phi) is 9.37. The number of hydrogen-bond acceptors (Lipinski definition) is 3. The standard InChI is InChI=1S/C15H3F23O4/c16-5(17,6(18,19)8(22,23)10(26,27)12(30,31)14(34,35)36)7(20,21)9(24,25)11(28,29)13(32,33)15(37,38)42-4(41)2-1-3(39)40/h1-2H,(H,39,40). The van der Waals surface area contributed by atoms with Gasteiger partial charge in [-0.15, -0.1) is 0 Å². The summed E-state index contributed by atoms with van der Waals surface area (Å²) in [4.78, 5) is 20.8. The zero-order valence-corrected chi connectivity index (χ0v) is 18.0. The van der Waals surface area contributed by atoms with Gasteiger partial charge in [0.1, 0.15) is 0 Å². The molecule has 0 heterocycles. The predicted molar refractivity (Wildman–Crippen MR) is 78.4 cm³/mol. The lowest BCUT2D eigenvalue weighted by molar-refractivity contribution is -0.484. The van der Waals surface area contributed by atoms with Crippen LogP contribution in [0.3, 0.4) is 0 Å². The minimum Gasteiger partial charge on any atom is -0.478 e. The molecule has 0 aromatic heterocycles. The molecule has 0 aliphatic heterocycles. The molecule has 0 saturated carbocycles. The maximum Gasteiger partial charge on any atom is 0.473 e. The summed E-state index contributed by atoms with van der Waals surface area (Å²) < 4.78 is 305. The lowest BCUT2D eigenvalue weighted by atomic mass is 9.86. The molecule has 0 rings (SSSR count). The number of carbonyl (C=O) groups excluding carboxylic acids is 1. The number of carboxylic acid groups (broad SMARTS) is 1. The fourth-order valence-corrected chi connectivity index (χ4v) is 2.10. The highest BCUT2D eigenvalue weighted by molar-refractivity contribution is 5.90. The van der Waals surface area contributed by atoms with Crippen molar-refractivity contribution in [3.8, 4) is 0 Å². The molecule has 0 unspecified atom stereocenters. The fraction of sp³-hybridized carbons (Fsp3) is 0.733. The Bertz CT molecular complexity index is 1070. The molecule has 0 aromatic carbocycles. The molecule has 42 heavy (non-hydrogen) atoms. The highest BCUT2D eigenvalue weighted by atomic mass is 19.4. The molecule has 27 heteroatoms. The molecule has 0 atom stereocenters. The molecule has 248 valence electrons. The summed E-state index contributed by atoms with van der Waals surface area (Å²) in [6, 6.07) is 0. The van der Waals surface area contributed by atoms with E-state index in [4.69, 9.17) is 5.11 Å². The Morgan fingerprint density at radius 3 is 0.881 bits per heavy atom. The topological polar surface area (TPSA) is 63.6 Å². The van der Waals surface area contributed by atoms with Gasteiger partial charge in [0.2, 0.25) is 0 Å². The molecule has 0 radical (unpaired) electrons. The molecular formula is C15H3F23O4. The van der Waals surface area contributed by atoms with E-state index in [1.54, 1.807) is 0 Å². The summed E-state index contributed by atoms with van der Waals surface area (Å²) in [5, 5.41) is 8.02. The van der Waals surface area contributed by atoms with E-state index in [1.807, 2.05) is 0 Å². The van der Waals surface area contributed by atoms with E-state index in [2.05, 4.69) is 4.74 Å². The van der Waals surface area contributed by atoms with Gasteiger partial charge in [0.05, 0.1) is 0 Å². The average molecular weight is 684 g/mol. The molecule has 0 spiro atoms. The first-order valence-corrected chi connectivity index (χ1v) is 8.80. The minimum absolute atomic E-state index is 0.641. The van der Waals surface area contributed by atoms with Gasteiger partial charge in [-0.2, -0.15) is 101 Å². The van der Waals surface area contributed by atoms with Crippen LogP contribution in [0.25, 0.3) is 0 Å². The number of rotatable bonds is 12. The van der Waals surface area contributed by atoms with Crippen LogP contribution in [0.5, 0.6) is 0 Å². The van der Waals surface area contributed by atoms with Crippen LogP contribution < -0.4 is 0 Å². The van der Waals surface area contributed by atoms with Gasteiger partial charge >= 0.3 is 77.5 Å². The van der Waals surface area contributed by atoms with E-state index in [1.165, 1.54) is 0 Å². The maximum atomic E-state index is 13.6. The van der Waals surface area contributed by atoms with Crippen molar-refractivity contribution in [3.05, 3.63) is 12.2 Å². The van der Waals surface area contributed by atoms with Gasteiger partial charge in [-0.05, 0) is 0 Å². The fourth-order valence-electron chi connectivity index (χ4n) is 2.10. The van der Waals surface area contributed by atoms with Gasteiger partial charge in [-0.25, -0.2) is 9.59 Å². The highest BCUT2D eigenvalue weighted by Gasteiger charge is 2.99. The molecule has 0 fully saturated rings. The number of halogens is 23. The van der Waals surface area contributed by atoms with Crippen LogP contribution in [0.2, 0.25) is 0 Å². The third kappa shape index (κ3) is 5.12. The van der Waals surface area contributed by atoms with E-state index >= 15 is 0 Å². The monoisotopic (exact) mass is 684 g/mol. The Labute approximate surface area is 211 Å². The number of carbonyl (C=O) groups is 2. The summed E-state index contributed by atoms with van der Waals surface area (Å²) >= 11 is 0. The van der Waals surface area contributed by atoms with Crippen LogP contribution in [0.1, 0.15) is 0 Å². The van der Waals surface area contributed by atoms with E-state index < -0.39 is 89.7 Å². The zero-order valence-electron chi connectivity index (χ0n) is 18.0. The molecule has 4 nitrogen and oxygen atoms in total. The lowest BCUT2D eigenvalue weighted by Crippen LogP contribution is -2.77. The van der Waals surface area contributed by atoms with Gasteiger partial charge in [0, 0.05) is 12.2 Å². The van der Waals surface area contributed by atoms with Crippen molar-refractivity contribution >= 4 is 11.9 Å². The van der Waals surface area contributed by atoms with Gasteiger partial charge in [-0.1, -0.05) is 0 Å². The van der Waals surface area contributed by atoms with Crippen LogP contribution in [0.15, 0.2) is 12.2 Å². The van der Waals surface area contributed by atoms with E-state index in [0.29, 0.717) is 0 Å². The molecule has 1 N–H and O–H groups in total. The van der Waals surface area contributed by atoms with Crippen molar-refractivity contribution in [1.29, 1.82) is 0 Å². The van der Waals surface area contributed by atoms with Crippen LogP contribution in [-0.4, -0.2) is 82.6 Å². The maximum absolute atomic E-state index is 13.6. The summed E-state index contributed by atoms with van der Waals surface area (Å²) in [5.74, 6) is -88.2. The van der Waals surface area contributed by atoms with Crippen LogP contribution in [0.4, 0.5) is 101 Å². The van der Waals surface area contributed by atoms with Crippen molar-refractivity contribution in [2.24, 2.45) is 0 Å². The molecule has 0 saturated heterocycles. The predicted octanol–water partition coefficient (Wildman–Crippen LogP) is 7.04. The van der Waals surface area contributed by atoms with Gasteiger partial charge in [0.15, 0.2) is 0 Å². The largest absolute Gasteiger partial charge is 0.478 e. The Morgan fingerprint density at radius 1 is 0.405 bits per heavy atom. The second kappa shape index (κ2) is 10.1. The molecular weight excluding hydrogens is 681 g/mol. The van der Waals surface area contributed by atoms with Crippen molar-refractivity contribution < 1.29 is 120 Å². The number of esters is 1. The number of ether oxygens (including phenoxy) is 1. The molecule has 0 amide bonds. The minimum atomic E-state index is -9.55. The number of carboxylic acids is 1. The molecule has 0 aliphatic carbocycles. The lowest BCUT2D eigenvalue weighted by Gasteiger charge is -2.44. The first-order valence-electron chi connectivity index (χ1n) is 8.80. The van der Waals surface area contributed by atoms with Gasteiger partial charge in [-0.3, -0.25) is 0 Å². The van der Waals surface area contributed by atoms with Gasteiger partial charge in [0.25, 0.3) is 0 Å². The van der Waals surface area contributed by atoms with E-state index in [0.717, 1.165) is 0 Å². The Balaban J connectivity index is 7.11. The van der Waals surface area contributed by atoms with Crippen LogP contribution in [-0.2, 0) is 14.3 Å². The Morgan fingerprint density at radius 2 is 0.643 bits per heavy atom. The second-order valence-corrected chi connectivity index (χ2v) is 7.28. The SMILES string of the molecule is O=C(O)C=CC(=O)OC(F)(F)C(F)(F)C(F)(F)C(F)(F)C(F)(F)C(F)(F)C(F)(F)C(F)(F)C(F)(F)C(F)(F)C(F)(F)F. The summed E-state index contributed by atoms with van der Waals surface area (Å²) in [6.07, 6.45) is -17.4. The van der Waals surface area contributed by atoms with Crippen molar-refractivity contribution in [2.75, 3.05) is 0 Å². The zero-order chi connectivity index (χ0) is 34.8. The highest BCUT2D eigenvalue weighted by Crippen LogP contribution is 2.67. The number of hydrogen-bond donors (Lipinski definition) is 1. The quantitative estimate of drug-likeness (QED) is 0.136. The first kappa shape index (κ1) is 39.1. The number of alkyl halides is 23. The van der Waals surface area contributed by atoms with Crippen LogP contribution >= 0.6 is 0 Å². The van der Waals surface area contributed by atoms with Crippen molar-refractivity contribution in [2.45, 2.75) is 65.6 Å².